The van der Waals surface area contributed by atoms with Crippen molar-refractivity contribution in [1.82, 2.24) is 14.9 Å². The van der Waals surface area contributed by atoms with Crippen molar-refractivity contribution in [3.63, 3.8) is 0 Å². The Morgan fingerprint density at radius 3 is 2.67 bits per heavy atom. The average molecular weight is 364 g/mol. The predicted octanol–water partition coefficient (Wildman–Crippen LogP) is 2.54. The summed E-state index contributed by atoms with van der Waals surface area (Å²) < 4.78 is 0. The summed E-state index contributed by atoms with van der Waals surface area (Å²) in [5.41, 5.74) is 1.37. The van der Waals surface area contributed by atoms with Crippen LogP contribution in [0.3, 0.4) is 0 Å². The van der Waals surface area contributed by atoms with Gasteiger partial charge in [0, 0.05) is 24.7 Å². The van der Waals surface area contributed by atoms with E-state index in [1.54, 1.807) is 47.4 Å². The zero-order chi connectivity index (χ0) is 19.4. The van der Waals surface area contributed by atoms with Crippen LogP contribution in [0, 0.1) is 0 Å². The Balaban J connectivity index is 1.86. The molecule has 0 aliphatic carbocycles. The van der Waals surface area contributed by atoms with Crippen LogP contribution in [0.25, 0.3) is 10.9 Å². The number of carbonyl (C=O) groups excluding carboxylic acids is 2. The van der Waals surface area contributed by atoms with Crippen LogP contribution in [0.15, 0.2) is 53.3 Å². The monoisotopic (exact) mass is 364 g/mol. The van der Waals surface area contributed by atoms with E-state index in [2.05, 4.69) is 15.3 Å². The highest BCUT2D eigenvalue weighted by Crippen LogP contribution is 2.14. The van der Waals surface area contributed by atoms with E-state index in [9.17, 15) is 14.4 Å². The van der Waals surface area contributed by atoms with Gasteiger partial charge in [0.1, 0.15) is 5.82 Å². The van der Waals surface area contributed by atoms with Crippen molar-refractivity contribution in [2.75, 3.05) is 11.9 Å². The zero-order valence-electron chi connectivity index (χ0n) is 15.2. The fourth-order valence-electron chi connectivity index (χ4n) is 2.83. The molecule has 0 saturated heterocycles. The highest BCUT2D eigenvalue weighted by Gasteiger charge is 2.17. The first kappa shape index (κ1) is 18.3. The Labute approximate surface area is 156 Å². The summed E-state index contributed by atoms with van der Waals surface area (Å²) >= 11 is 0. The Kier molecular flexibility index (Phi) is 5.30. The minimum Gasteiger partial charge on any atom is -0.331 e. The number of nitrogens with zero attached hydrogens (tertiary/aromatic N) is 2. The standard InChI is InChI=1S/C20H20N4O3/c1-3-24(20(27)14-7-6-8-15(11-14)21-13(2)25)12-18-22-17-10-5-4-9-16(17)19(26)23-18/h4-11H,3,12H2,1-2H3,(H,21,25)(H,22,23,26). The number of anilines is 1. The lowest BCUT2D eigenvalue weighted by Crippen LogP contribution is -2.32. The Morgan fingerprint density at radius 1 is 1.15 bits per heavy atom. The number of carbonyl (C=O) groups is 2. The highest BCUT2D eigenvalue weighted by molar-refractivity contribution is 5.96. The minimum atomic E-state index is -0.230. The van der Waals surface area contributed by atoms with Crippen molar-refractivity contribution in [3.05, 3.63) is 70.3 Å². The van der Waals surface area contributed by atoms with Gasteiger partial charge >= 0.3 is 0 Å². The van der Waals surface area contributed by atoms with Crippen LogP contribution in [-0.2, 0) is 11.3 Å². The molecule has 2 amide bonds. The molecule has 0 radical (unpaired) electrons. The third-order valence-electron chi connectivity index (χ3n) is 4.10. The van der Waals surface area contributed by atoms with Crippen molar-refractivity contribution in [1.29, 1.82) is 0 Å². The third-order valence-corrected chi connectivity index (χ3v) is 4.10. The second-order valence-electron chi connectivity index (χ2n) is 6.11. The lowest BCUT2D eigenvalue weighted by Gasteiger charge is -2.21. The molecule has 138 valence electrons. The Hall–Kier alpha value is -3.48. The van der Waals surface area contributed by atoms with E-state index in [1.807, 2.05) is 13.0 Å². The Morgan fingerprint density at radius 2 is 1.93 bits per heavy atom. The molecular weight excluding hydrogens is 344 g/mol. The second-order valence-corrected chi connectivity index (χ2v) is 6.11. The van der Waals surface area contributed by atoms with Gasteiger partial charge in [-0.05, 0) is 37.3 Å². The largest absolute Gasteiger partial charge is 0.331 e. The molecule has 2 N–H and O–H groups in total. The number of nitrogens with one attached hydrogen (secondary N) is 2. The first-order valence-electron chi connectivity index (χ1n) is 8.63. The maximum absolute atomic E-state index is 12.9. The molecule has 7 heteroatoms. The fraction of sp³-hybridized carbons (Fsp3) is 0.200. The minimum absolute atomic E-state index is 0.180. The quantitative estimate of drug-likeness (QED) is 0.727. The van der Waals surface area contributed by atoms with E-state index in [4.69, 9.17) is 0 Å². The van der Waals surface area contributed by atoms with Crippen molar-refractivity contribution in [2.45, 2.75) is 20.4 Å². The number of fused-ring (bicyclic) bond motifs is 1. The van der Waals surface area contributed by atoms with Gasteiger partial charge in [0.05, 0.1) is 17.4 Å². The molecule has 0 spiro atoms. The van der Waals surface area contributed by atoms with Gasteiger partial charge in [-0.3, -0.25) is 14.4 Å². The van der Waals surface area contributed by atoms with Crippen molar-refractivity contribution in [2.24, 2.45) is 0 Å². The van der Waals surface area contributed by atoms with E-state index in [0.717, 1.165) is 0 Å². The lowest BCUT2D eigenvalue weighted by atomic mass is 10.1. The number of hydrogen-bond acceptors (Lipinski definition) is 4. The molecule has 0 aliphatic rings. The van der Waals surface area contributed by atoms with Crippen LogP contribution in [0.1, 0.15) is 30.0 Å². The van der Waals surface area contributed by atoms with E-state index < -0.39 is 0 Å². The zero-order valence-corrected chi connectivity index (χ0v) is 15.2. The summed E-state index contributed by atoms with van der Waals surface area (Å²) in [6.45, 7) is 3.89. The molecule has 1 heterocycles. The first-order valence-corrected chi connectivity index (χ1v) is 8.63. The van der Waals surface area contributed by atoms with Gasteiger partial charge in [-0.2, -0.15) is 0 Å². The molecule has 2 aromatic carbocycles. The fourth-order valence-corrected chi connectivity index (χ4v) is 2.83. The van der Waals surface area contributed by atoms with Crippen LogP contribution in [0.2, 0.25) is 0 Å². The lowest BCUT2D eigenvalue weighted by molar-refractivity contribution is -0.114. The van der Waals surface area contributed by atoms with Gasteiger partial charge in [0.15, 0.2) is 0 Å². The smallest absolute Gasteiger partial charge is 0.258 e. The van der Waals surface area contributed by atoms with Gasteiger partial charge in [-0.1, -0.05) is 18.2 Å². The van der Waals surface area contributed by atoms with Crippen LogP contribution < -0.4 is 10.9 Å². The molecule has 27 heavy (non-hydrogen) atoms. The number of rotatable bonds is 5. The summed E-state index contributed by atoms with van der Waals surface area (Å²) in [5.74, 6) is 0.0114. The average Bonchev–Trinajstić information content (AvgIpc) is 2.65. The number of aromatic nitrogens is 2. The normalized spacial score (nSPS) is 10.6. The molecule has 0 aliphatic heterocycles. The molecule has 0 unspecified atom stereocenters. The van der Waals surface area contributed by atoms with Crippen molar-refractivity contribution < 1.29 is 9.59 Å². The summed E-state index contributed by atoms with van der Waals surface area (Å²) in [4.78, 5) is 45.1. The SMILES string of the molecule is CCN(Cc1nc2ccccc2c(=O)[nH]1)C(=O)c1cccc(NC(C)=O)c1. The molecule has 0 saturated carbocycles. The number of amides is 2. The van der Waals surface area contributed by atoms with E-state index >= 15 is 0 Å². The van der Waals surface area contributed by atoms with Crippen molar-refractivity contribution in [3.8, 4) is 0 Å². The number of hydrogen-bond donors (Lipinski definition) is 2. The molecule has 1 aromatic heterocycles. The maximum atomic E-state index is 12.9. The molecule has 0 bridgehead atoms. The van der Waals surface area contributed by atoms with E-state index in [-0.39, 0.29) is 23.9 Å². The highest BCUT2D eigenvalue weighted by atomic mass is 16.2. The van der Waals surface area contributed by atoms with Gasteiger partial charge in [-0.15, -0.1) is 0 Å². The number of benzene rings is 2. The van der Waals surface area contributed by atoms with Crippen LogP contribution >= 0.6 is 0 Å². The number of aromatic amines is 1. The summed E-state index contributed by atoms with van der Waals surface area (Å²) in [6.07, 6.45) is 0. The number of para-hydroxylation sites is 1. The van der Waals surface area contributed by atoms with Crippen LogP contribution in [0.5, 0.6) is 0 Å². The first-order chi connectivity index (χ1) is 13.0. The number of H-pyrrole nitrogens is 1. The third kappa shape index (κ3) is 4.20. The van der Waals surface area contributed by atoms with Gasteiger partial charge in [-0.25, -0.2) is 4.98 Å². The maximum Gasteiger partial charge on any atom is 0.258 e. The molecular formula is C20H20N4O3. The van der Waals surface area contributed by atoms with Crippen LogP contribution in [-0.4, -0.2) is 33.2 Å². The van der Waals surface area contributed by atoms with Gasteiger partial charge in [0.2, 0.25) is 5.91 Å². The summed E-state index contributed by atoms with van der Waals surface area (Å²) in [7, 11) is 0. The molecule has 3 rings (SSSR count). The second kappa shape index (κ2) is 7.82. The molecule has 0 atom stereocenters. The molecule has 3 aromatic rings. The van der Waals surface area contributed by atoms with Gasteiger partial charge < -0.3 is 15.2 Å². The molecule has 7 nitrogen and oxygen atoms in total. The molecule has 0 fully saturated rings. The van der Waals surface area contributed by atoms with Gasteiger partial charge in [0.25, 0.3) is 11.5 Å². The van der Waals surface area contributed by atoms with E-state index in [1.165, 1.54) is 6.92 Å². The topological polar surface area (TPSA) is 95.2 Å². The summed E-state index contributed by atoms with van der Waals surface area (Å²) in [5, 5.41) is 3.18. The van der Waals surface area contributed by atoms with Crippen molar-refractivity contribution >= 4 is 28.4 Å². The summed E-state index contributed by atoms with van der Waals surface area (Å²) in [6, 6.07) is 13.8. The predicted molar refractivity (Wildman–Crippen MR) is 104 cm³/mol. The van der Waals surface area contributed by atoms with Crippen LogP contribution in [0.4, 0.5) is 5.69 Å². The Bertz CT molecular complexity index is 1060. The van der Waals surface area contributed by atoms with E-state index in [0.29, 0.717) is 34.5 Å².